The third-order valence-electron chi connectivity index (χ3n) is 5.01. The van der Waals surface area contributed by atoms with Crippen molar-refractivity contribution in [1.82, 2.24) is 5.32 Å². The van der Waals surface area contributed by atoms with Crippen LogP contribution in [0.3, 0.4) is 0 Å². The summed E-state index contributed by atoms with van der Waals surface area (Å²) in [5.74, 6) is 1.52. The van der Waals surface area contributed by atoms with Gasteiger partial charge >= 0.3 is 0 Å². The number of carbonyl (C=O) groups is 1. The number of amides is 1. The minimum Gasteiger partial charge on any atom is -0.326 e. The Morgan fingerprint density at radius 3 is 3.00 bits per heavy atom. The van der Waals surface area contributed by atoms with E-state index in [-0.39, 0.29) is 11.8 Å². The van der Waals surface area contributed by atoms with Crippen molar-refractivity contribution in [3.05, 3.63) is 41.5 Å². The minimum absolute atomic E-state index is 0.183. The third-order valence-corrected chi connectivity index (χ3v) is 5.01. The summed E-state index contributed by atoms with van der Waals surface area (Å²) in [6, 6.07) is 6.24. The molecule has 3 atom stereocenters. The van der Waals surface area contributed by atoms with Gasteiger partial charge in [-0.15, -0.1) is 0 Å². The minimum atomic E-state index is 0.183. The lowest BCUT2D eigenvalue weighted by Gasteiger charge is -2.23. The Kier molecular flexibility index (Phi) is 2.88. The second-order valence-electron chi connectivity index (χ2n) is 6.25. The fourth-order valence-electron chi connectivity index (χ4n) is 3.96. The van der Waals surface area contributed by atoms with Crippen molar-refractivity contribution in [2.24, 2.45) is 17.8 Å². The van der Waals surface area contributed by atoms with Crippen LogP contribution in [0, 0.1) is 17.8 Å². The Balaban J connectivity index is 1.54. The van der Waals surface area contributed by atoms with Gasteiger partial charge in [0.25, 0.3) is 0 Å². The molecule has 1 aliphatic heterocycles. The number of anilines is 1. The number of benzene rings is 1. The van der Waals surface area contributed by atoms with Crippen LogP contribution < -0.4 is 10.6 Å². The molecule has 2 N–H and O–H groups in total. The predicted molar refractivity (Wildman–Crippen MR) is 79.3 cm³/mol. The maximum Gasteiger partial charge on any atom is 0.228 e. The zero-order valence-electron chi connectivity index (χ0n) is 11.6. The SMILES string of the molecule is O=C(Nc1cccc2c1CCNC2)C1CC2C=CC1C2. The van der Waals surface area contributed by atoms with Gasteiger partial charge in [-0.2, -0.15) is 0 Å². The zero-order valence-corrected chi connectivity index (χ0v) is 11.6. The quantitative estimate of drug-likeness (QED) is 0.809. The molecule has 3 nitrogen and oxygen atoms in total. The lowest BCUT2D eigenvalue weighted by Crippen LogP contribution is -2.28. The Morgan fingerprint density at radius 2 is 2.20 bits per heavy atom. The van der Waals surface area contributed by atoms with E-state index in [1.807, 2.05) is 12.1 Å². The number of rotatable bonds is 2. The Bertz CT molecular complexity index is 578. The number of allylic oxidation sites excluding steroid dienone is 2. The van der Waals surface area contributed by atoms with Gasteiger partial charge in [0, 0.05) is 18.2 Å². The van der Waals surface area contributed by atoms with Crippen LogP contribution in [0.4, 0.5) is 5.69 Å². The van der Waals surface area contributed by atoms with Gasteiger partial charge in [-0.25, -0.2) is 0 Å². The molecule has 20 heavy (non-hydrogen) atoms. The molecule has 1 aromatic carbocycles. The van der Waals surface area contributed by atoms with Gasteiger partial charge in [0.05, 0.1) is 0 Å². The number of hydrogen-bond donors (Lipinski definition) is 2. The Hall–Kier alpha value is -1.61. The maximum absolute atomic E-state index is 12.5. The van der Waals surface area contributed by atoms with E-state index in [2.05, 4.69) is 28.9 Å². The number of hydrogen-bond acceptors (Lipinski definition) is 2. The van der Waals surface area contributed by atoms with E-state index in [1.165, 1.54) is 17.5 Å². The molecule has 1 amide bonds. The van der Waals surface area contributed by atoms with Crippen LogP contribution in [0.1, 0.15) is 24.0 Å². The molecule has 3 heteroatoms. The van der Waals surface area contributed by atoms with Crippen molar-refractivity contribution in [1.29, 1.82) is 0 Å². The highest BCUT2D eigenvalue weighted by Gasteiger charge is 2.39. The molecule has 4 rings (SSSR count). The molecule has 0 radical (unpaired) electrons. The van der Waals surface area contributed by atoms with Crippen molar-refractivity contribution in [3.63, 3.8) is 0 Å². The third kappa shape index (κ3) is 1.97. The van der Waals surface area contributed by atoms with Crippen molar-refractivity contribution in [3.8, 4) is 0 Å². The molecule has 1 aromatic rings. The predicted octanol–water partition coefficient (Wildman–Crippen LogP) is 2.48. The van der Waals surface area contributed by atoms with Crippen molar-refractivity contribution >= 4 is 11.6 Å². The van der Waals surface area contributed by atoms with Gasteiger partial charge in [-0.3, -0.25) is 4.79 Å². The number of carbonyl (C=O) groups excluding carboxylic acids is 1. The molecule has 104 valence electrons. The molecule has 2 bridgehead atoms. The molecule has 0 aromatic heterocycles. The van der Waals surface area contributed by atoms with Gasteiger partial charge in [0.1, 0.15) is 0 Å². The summed E-state index contributed by atoms with van der Waals surface area (Å²) in [4.78, 5) is 12.5. The summed E-state index contributed by atoms with van der Waals surface area (Å²) in [6.07, 6.45) is 7.73. The molecule has 3 unspecified atom stereocenters. The molecule has 0 spiro atoms. The summed E-state index contributed by atoms with van der Waals surface area (Å²) in [6.45, 7) is 1.91. The highest BCUT2D eigenvalue weighted by Crippen LogP contribution is 2.43. The molecule has 1 saturated carbocycles. The lowest BCUT2D eigenvalue weighted by molar-refractivity contribution is -0.120. The average molecular weight is 268 g/mol. The highest BCUT2D eigenvalue weighted by atomic mass is 16.1. The summed E-state index contributed by atoms with van der Waals surface area (Å²) in [5, 5.41) is 6.57. The van der Waals surface area contributed by atoms with Gasteiger partial charge < -0.3 is 10.6 Å². The first-order valence-electron chi connectivity index (χ1n) is 7.62. The highest BCUT2D eigenvalue weighted by molar-refractivity contribution is 5.94. The second-order valence-corrected chi connectivity index (χ2v) is 6.25. The molecule has 1 fully saturated rings. The summed E-state index contributed by atoms with van der Waals surface area (Å²) < 4.78 is 0. The average Bonchev–Trinajstić information content (AvgIpc) is 3.10. The van der Waals surface area contributed by atoms with E-state index < -0.39 is 0 Å². The van der Waals surface area contributed by atoms with E-state index in [9.17, 15) is 4.79 Å². The van der Waals surface area contributed by atoms with Crippen molar-refractivity contribution < 1.29 is 4.79 Å². The van der Waals surface area contributed by atoms with E-state index in [4.69, 9.17) is 0 Å². The Labute approximate surface area is 119 Å². The van der Waals surface area contributed by atoms with Gasteiger partial charge in [0.15, 0.2) is 0 Å². The molecular formula is C17H20N2O. The topological polar surface area (TPSA) is 41.1 Å². The van der Waals surface area contributed by atoms with Crippen LogP contribution in [-0.2, 0) is 17.8 Å². The fraction of sp³-hybridized carbons (Fsp3) is 0.471. The van der Waals surface area contributed by atoms with Crippen LogP contribution >= 0.6 is 0 Å². The van der Waals surface area contributed by atoms with Crippen molar-refractivity contribution in [2.45, 2.75) is 25.8 Å². The molecule has 1 heterocycles. The smallest absolute Gasteiger partial charge is 0.228 e. The van der Waals surface area contributed by atoms with Crippen LogP contribution in [-0.4, -0.2) is 12.5 Å². The summed E-state index contributed by atoms with van der Waals surface area (Å²) in [7, 11) is 0. The molecule has 2 aliphatic carbocycles. The van der Waals surface area contributed by atoms with E-state index >= 15 is 0 Å². The van der Waals surface area contributed by atoms with Crippen LogP contribution in [0.15, 0.2) is 30.4 Å². The molecule has 0 saturated heterocycles. The van der Waals surface area contributed by atoms with E-state index in [1.54, 1.807) is 0 Å². The number of fused-ring (bicyclic) bond motifs is 3. The second kappa shape index (κ2) is 4.74. The largest absolute Gasteiger partial charge is 0.326 e. The van der Waals surface area contributed by atoms with E-state index in [0.29, 0.717) is 11.8 Å². The van der Waals surface area contributed by atoms with Gasteiger partial charge in [-0.05, 0) is 54.8 Å². The van der Waals surface area contributed by atoms with Crippen LogP contribution in [0.5, 0.6) is 0 Å². The van der Waals surface area contributed by atoms with Gasteiger partial charge in [0.2, 0.25) is 5.91 Å². The zero-order chi connectivity index (χ0) is 13.5. The molecular weight excluding hydrogens is 248 g/mol. The fourth-order valence-corrected chi connectivity index (χ4v) is 3.96. The summed E-state index contributed by atoms with van der Waals surface area (Å²) in [5.41, 5.74) is 3.67. The standard InChI is InChI=1S/C17H20N2O/c20-17(15-9-11-4-5-12(15)8-11)19-16-3-1-2-13-10-18-7-6-14(13)16/h1-5,11-12,15,18H,6-10H2,(H,19,20). The first-order chi connectivity index (χ1) is 9.81. The van der Waals surface area contributed by atoms with Gasteiger partial charge in [-0.1, -0.05) is 24.3 Å². The molecule has 3 aliphatic rings. The van der Waals surface area contributed by atoms with Crippen LogP contribution in [0.25, 0.3) is 0 Å². The summed E-state index contributed by atoms with van der Waals surface area (Å²) >= 11 is 0. The Morgan fingerprint density at radius 1 is 1.25 bits per heavy atom. The van der Waals surface area contributed by atoms with E-state index in [0.717, 1.165) is 31.6 Å². The van der Waals surface area contributed by atoms with Crippen LogP contribution in [0.2, 0.25) is 0 Å². The van der Waals surface area contributed by atoms with Crippen molar-refractivity contribution in [2.75, 3.05) is 11.9 Å². The number of nitrogens with one attached hydrogen (secondary N) is 2. The first-order valence-corrected chi connectivity index (χ1v) is 7.62. The maximum atomic E-state index is 12.5. The normalized spacial score (nSPS) is 30.3. The lowest BCUT2D eigenvalue weighted by atomic mass is 9.92. The monoisotopic (exact) mass is 268 g/mol. The first kappa shape index (κ1) is 12.2.